The minimum Gasteiger partial charge on any atom is -0.346 e. The molecule has 0 unspecified atom stereocenters. The molecule has 0 heterocycles. The Morgan fingerprint density at radius 2 is 2.06 bits per heavy atom. The lowest BCUT2D eigenvalue weighted by atomic mass is 10.1. The van der Waals surface area contributed by atoms with Gasteiger partial charge in [-0.15, -0.1) is 0 Å². The average molecular weight is 349 g/mol. The van der Waals surface area contributed by atoms with Gasteiger partial charge in [0.1, 0.15) is 0 Å². The number of aryl methyl sites for hydroxylation is 1. The number of benzene rings is 1. The van der Waals surface area contributed by atoms with Gasteiger partial charge in [-0.05, 0) is 38.5 Å². The van der Waals surface area contributed by atoms with Crippen LogP contribution in [0.3, 0.4) is 0 Å². The fourth-order valence-corrected chi connectivity index (χ4v) is 1.75. The summed E-state index contributed by atoms with van der Waals surface area (Å²) in [5.74, 6) is -0.0387. The molecule has 0 saturated carbocycles. The highest BCUT2D eigenvalue weighted by Crippen LogP contribution is 2.17. The van der Waals surface area contributed by atoms with Crippen LogP contribution in [0.5, 0.6) is 0 Å². The Kier molecular flexibility index (Phi) is 4.56. The maximum Gasteiger partial charge on any atom is 0.252 e. The van der Waals surface area contributed by atoms with Crippen LogP contribution in [0.25, 0.3) is 0 Å². The van der Waals surface area contributed by atoms with E-state index >= 15 is 0 Å². The van der Waals surface area contributed by atoms with Crippen molar-refractivity contribution in [3.05, 3.63) is 33.8 Å². The van der Waals surface area contributed by atoms with E-state index in [9.17, 15) is 4.79 Å². The van der Waals surface area contributed by atoms with Crippen molar-refractivity contribution in [3.8, 4) is 0 Å². The summed E-state index contributed by atoms with van der Waals surface area (Å²) in [4.78, 5) is 12.0. The molecule has 88 valence electrons. The standard InChI is InChI=1S/C12H15Br2NO/c1-8-4-5-9(14)6-10(8)11(16)15-12(2,3)7-13/h4-6H,7H2,1-3H3,(H,15,16). The maximum atomic E-state index is 12.0. The molecule has 1 rings (SSSR count). The predicted octanol–water partition coefficient (Wildman–Crippen LogP) is 3.66. The van der Waals surface area contributed by atoms with Gasteiger partial charge < -0.3 is 5.32 Å². The van der Waals surface area contributed by atoms with E-state index < -0.39 is 0 Å². The molecule has 0 aliphatic rings. The van der Waals surface area contributed by atoms with Gasteiger partial charge in [0.2, 0.25) is 0 Å². The minimum atomic E-state index is -0.244. The first-order chi connectivity index (χ1) is 7.35. The second-order valence-corrected chi connectivity index (χ2v) is 5.91. The Hall–Kier alpha value is -0.350. The molecule has 0 atom stereocenters. The smallest absolute Gasteiger partial charge is 0.252 e. The van der Waals surface area contributed by atoms with Crippen molar-refractivity contribution in [2.24, 2.45) is 0 Å². The second-order valence-electron chi connectivity index (χ2n) is 4.43. The Bertz CT molecular complexity index is 402. The predicted molar refractivity (Wildman–Crippen MR) is 74.2 cm³/mol. The summed E-state index contributed by atoms with van der Waals surface area (Å²) in [6, 6.07) is 5.71. The number of hydrogen-bond donors (Lipinski definition) is 1. The fraction of sp³-hybridized carbons (Fsp3) is 0.417. The maximum absolute atomic E-state index is 12.0. The third-order valence-corrected chi connectivity index (χ3v) is 4.13. The summed E-state index contributed by atoms with van der Waals surface area (Å²) < 4.78 is 0.917. The van der Waals surface area contributed by atoms with Crippen molar-refractivity contribution >= 4 is 37.8 Å². The molecule has 1 aromatic rings. The molecule has 1 amide bonds. The van der Waals surface area contributed by atoms with Crippen LogP contribution in [0, 0.1) is 6.92 Å². The lowest BCUT2D eigenvalue weighted by Crippen LogP contribution is -2.44. The number of rotatable bonds is 3. The number of hydrogen-bond acceptors (Lipinski definition) is 1. The van der Waals surface area contributed by atoms with Crippen molar-refractivity contribution < 1.29 is 4.79 Å². The molecule has 1 aromatic carbocycles. The van der Waals surface area contributed by atoms with E-state index in [-0.39, 0.29) is 11.4 Å². The van der Waals surface area contributed by atoms with Crippen molar-refractivity contribution in [1.29, 1.82) is 0 Å². The normalized spacial score (nSPS) is 11.3. The monoisotopic (exact) mass is 347 g/mol. The van der Waals surface area contributed by atoms with E-state index in [2.05, 4.69) is 37.2 Å². The largest absolute Gasteiger partial charge is 0.346 e. The number of alkyl halides is 1. The van der Waals surface area contributed by atoms with E-state index in [1.165, 1.54) is 0 Å². The average Bonchev–Trinajstić information content (AvgIpc) is 2.21. The third kappa shape index (κ3) is 3.59. The summed E-state index contributed by atoms with van der Waals surface area (Å²) in [5.41, 5.74) is 1.45. The Morgan fingerprint density at radius 3 is 2.62 bits per heavy atom. The first kappa shape index (κ1) is 13.7. The molecular formula is C12H15Br2NO. The molecule has 0 aliphatic carbocycles. The molecule has 0 bridgehead atoms. The van der Waals surface area contributed by atoms with Gasteiger partial charge in [0.15, 0.2) is 0 Å². The van der Waals surface area contributed by atoms with Crippen LogP contribution in [0.2, 0.25) is 0 Å². The van der Waals surface area contributed by atoms with Crippen LogP contribution in [-0.2, 0) is 0 Å². The molecule has 0 fully saturated rings. The van der Waals surface area contributed by atoms with Crippen LogP contribution in [0.1, 0.15) is 29.8 Å². The highest BCUT2D eigenvalue weighted by atomic mass is 79.9. The zero-order valence-corrected chi connectivity index (χ0v) is 12.8. The van der Waals surface area contributed by atoms with Gasteiger partial charge in [-0.3, -0.25) is 4.79 Å². The lowest BCUT2D eigenvalue weighted by Gasteiger charge is -2.24. The molecular weight excluding hydrogens is 334 g/mol. The molecule has 4 heteroatoms. The van der Waals surface area contributed by atoms with Gasteiger partial charge >= 0.3 is 0 Å². The number of halogens is 2. The molecule has 0 spiro atoms. The van der Waals surface area contributed by atoms with Crippen LogP contribution >= 0.6 is 31.9 Å². The number of carbonyl (C=O) groups is 1. The van der Waals surface area contributed by atoms with Gasteiger partial charge in [-0.1, -0.05) is 37.9 Å². The summed E-state index contributed by atoms with van der Waals surface area (Å²) in [6.45, 7) is 5.89. The first-order valence-corrected chi connectivity index (χ1v) is 6.92. The summed E-state index contributed by atoms with van der Waals surface area (Å²) in [7, 11) is 0. The first-order valence-electron chi connectivity index (χ1n) is 5.00. The summed E-state index contributed by atoms with van der Waals surface area (Å²) in [5, 5.41) is 3.70. The fourth-order valence-electron chi connectivity index (χ4n) is 1.25. The second kappa shape index (κ2) is 5.32. The van der Waals surface area contributed by atoms with Crippen molar-refractivity contribution in [2.45, 2.75) is 26.3 Å². The number of nitrogens with one attached hydrogen (secondary N) is 1. The molecule has 16 heavy (non-hydrogen) atoms. The summed E-state index contributed by atoms with van der Waals surface area (Å²) >= 11 is 6.75. The SMILES string of the molecule is Cc1ccc(Br)cc1C(=O)NC(C)(C)CBr. The van der Waals surface area contributed by atoms with Crippen LogP contribution in [-0.4, -0.2) is 16.8 Å². The van der Waals surface area contributed by atoms with Crippen LogP contribution in [0.4, 0.5) is 0 Å². The molecule has 0 saturated heterocycles. The molecule has 0 radical (unpaired) electrons. The van der Waals surface area contributed by atoms with Gasteiger partial charge in [0.05, 0.1) is 0 Å². The van der Waals surface area contributed by atoms with Crippen molar-refractivity contribution in [2.75, 3.05) is 5.33 Å². The van der Waals surface area contributed by atoms with Gasteiger partial charge in [0.25, 0.3) is 5.91 Å². The van der Waals surface area contributed by atoms with Crippen LogP contribution < -0.4 is 5.32 Å². The summed E-state index contributed by atoms with van der Waals surface area (Å²) in [6.07, 6.45) is 0. The molecule has 2 nitrogen and oxygen atoms in total. The Balaban J connectivity index is 2.93. The lowest BCUT2D eigenvalue weighted by molar-refractivity contribution is 0.0920. The Labute approximate surface area is 113 Å². The van der Waals surface area contributed by atoms with E-state index in [0.717, 1.165) is 15.4 Å². The van der Waals surface area contributed by atoms with E-state index in [1.54, 1.807) is 0 Å². The number of amides is 1. The zero-order chi connectivity index (χ0) is 12.3. The van der Waals surface area contributed by atoms with Crippen molar-refractivity contribution in [1.82, 2.24) is 5.32 Å². The van der Waals surface area contributed by atoms with Gasteiger partial charge in [0, 0.05) is 20.9 Å². The molecule has 1 N–H and O–H groups in total. The van der Waals surface area contributed by atoms with Gasteiger partial charge in [-0.2, -0.15) is 0 Å². The van der Waals surface area contributed by atoms with Crippen LogP contribution in [0.15, 0.2) is 22.7 Å². The quantitative estimate of drug-likeness (QED) is 0.830. The zero-order valence-electron chi connectivity index (χ0n) is 9.60. The topological polar surface area (TPSA) is 29.1 Å². The highest BCUT2D eigenvalue weighted by Gasteiger charge is 2.20. The minimum absolute atomic E-state index is 0.0387. The van der Waals surface area contributed by atoms with Crippen molar-refractivity contribution in [3.63, 3.8) is 0 Å². The van der Waals surface area contributed by atoms with E-state index in [0.29, 0.717) is 5.56 Å². The van der Waals surface area contributed by atoms with Gasteiger partial charge in [-0.25, -0.2) is 0 Å². The number of carbonyl (C=O) groups excluding carboxylic acids is 1. The van der Waals surface area contributed by atoms with E-state index in [1.807, 2.05) is 39.0 Å². The third-order valence-electron chi connectivity index (χ3n) is 2.23. The molecule has 0 aromatic heterocycles. The highest BCUT2D eigenvalue weighted by molar-refractivity contribution is 9.10. The Morgan fingerprint density at radius 1 is 1.44 bits per heavy atom. The molecule has 0 aliphatic heterocycles. The van der Waals surface area contributed by atoms with E-state index in [4.69, 9.17) is 0 Å².